The smallest absolute Gasteiger partial charge is 0.475 e. The maximum absolute atomic E-state index is 11.0. The van der Waals surface area contributed by atoms with Crippen LogP contribution in [0.4, 0.5) is 13.2 Å². The van der Waals surface area contributed by atoms with Gasteiger partial charge in [0.15, 0.2) is 0 Å². The topological polar surface area (TPSA) is 80.4 Å². The normalized spacial score (nSPS) is 10.6. The molecule has 0 radical (unpaired) electrons. The molecular weight excluding hydrogens is 275 g/mol. The Labute approximate surface area is 111 Å². The minimum Gasteiger partial charge on any atom is -0.475 e. The molecule has 0 heterocycles. The molecule has 0 unspecified atom stereocenters. The van der Waals surface area contributed by atoms with E-state index in [-0.39, 0.29) is 5.91 Å². The van der Waals surface area contributed by atoms with Crippen molar-refractivity contribution in [2.75, 3.05) is 0 Å². The quantitative estimate of drug-likeness (QED) is 0.845. The van der Waals surface area contributed by atoms with Crippen LogP contribution in [-0.4, -0.2) is 23.2 Å². The Morgan fingerprint density at radius 1 is 1.00 bits per heavy atom. The van der Waals surface area contributed by atoms with Gasteiger partial charge in [0, 0.05) is 5.56 Å². The van der Waals surface area contributed by atoms with Crippen LogP contribution in [0.3, 0.4) is 0 Å². The molecule has 0 aliphatic rings. The fourth-order valence-corrected chi connectivity index (χ4v) is 1.44. The molecule has 2 aromatic carbocycles. The number of primary amides is 1. The third kappa shape index (κ3) is 3.98. The molecule has 4 nitrogen and oxygen atoms in total. The number of aliphatic carboxylic acids is 1. The first-order valence-corrected chi connectivity index (χ1v) is 5.31. The Balaban J connectivity index is 0.000000246. The van der Waals surface area contributed by atoms with Crippen molar-refractivity contribution in [1.29, 1.82) is 0 Å². The molecule has 0 aliphatic carbocycles. The first kappa shape index (κ1) is 15.5. The highest BCUT2D eigenvalue weighted by Crippen LogP contribution is 2.17. The minimum absolute atomic E-state index is 0.378. The second kappa shape index (κ2) is 6.05. The number of alkyl halides is 3. The van der Waals surface area contributed by atoms with Gasteiger partial charge >= 0.3 is 12.1 Å². The number of benzene rings is 2. The van der Waals surface area contributed by atoms with Crippen LogP contribution in [-0.2, 0) is 4.79 Å². The third-order valence-corrected chi connectivity index (χ3v) is 2.30. The second-order valence-corrected chi connectivity index (χ2v) is 3.69. The zero-order valence-corrected chi connectivity index (χ0v) is 10.0. The maximum atomic E-state index is 11.0. The Kier molecular flexibility index (Phi) is 4.68. The Hall–Kier alpha value is -2.57. The van der Waals surface area contributed by atoms with Crippen molar-refractivity contribution in [2.24, 2.45) is 5.73 Å². The summed E-state index contributed by atoms with van der Waals surface area (Å²) in [5.74, 6) is -3.13. The van der Waals surface area contributed by atoms with Gasteiger partial charge in [-0.05, 0) is 16.8 Å². The largest absolute Gasteiger partial charge is 0.490 e. The summed E-state index contributed by atoms with van der Waals surface area (Å²) in [6.07, 6.45) is -5.08. The van der Waals surface area contributed by atoms with Crippen molar-refractivity contribution in [1.82, 2.24) is 0 Å². The monoisotopic (exact) mass is 285 g/mol. The highest BCUT2D eigenvalue weighted by atomic mass is 19.4. The number of carboxylic acid groups (broad SMARTS) is 1. The van der Waals surface area contributed by atoms with Crippen LogP contribution in [0.5, 0.6) is 0 Å². The van der Waals surface area contributed by atoms with E-state index >= 15 is 0 Å². The van der Waals surface area contributed by atoms with Crippen LogP contribution in [0.1, 0.15) is 10.4 Å². The van der Waals surface area contributed by atoms with Crippen molar-refractivity contribution in [2.45, 2.75) is 6.18 Å². The average molecular weight is 285 g/mol. The van der Waals surface area contributed by atoms with E-state index in [0.29, 0.717) is 5.56 Å². The van der Waals surface area contributed by atoms with Crippen LogP contribution in [0.25, 0.3) is 10.8 Å². The summed E-state index contributed by atoms with van der Waals surface area (Å²) in [6, 6.07) is 13.2. The van der Waals surface area contributed by atoms with Crippen LogP contribution in [0.2, 0.25) is 0 Å². The number of carbonyl (C=O) groups excluding carboxylic acids is 1. The van der Waals surface area contributed by atoms with E-state index in [4.69, 9.17) is 15.6 Å². The summed E-state index contributed by atoms with van der Waals surface area (Å²) in [5.41, 5.74) is 5.82. The molecule has 7 heteroatoms. The van der Waals surface area contributed by atoms with Crippen molar-refractivity contribution < 1.29 is 27.9 Å². The van der Waals surface area contributed by atoms with E-state index in [2.05, 4.69) is 0 Å². The number of rotatable bonds is 1. The highest BCUT2D eigenvalue weighted by molar-refractivity contribution is 6.06. The van der Waals surface area contributed by atoms with Crippen LogP contribution in [0.15, 0.2) is 42.5 Å². The third-order valence-electron chi connectivity index (χ3n) is 2.30. The first-order valence-electron chi connectivity index (χ1n) is 5.31. The summed E-state index contributed by atoms with van der Waals surface area (Å²) >= 11 is 0. The molecule has 2 aromatic rings. The molecule has 106 valence electrons. The lowest BCUT2D eigenvalue weighted by Crippen LogP contribution is -2.21. The van der Waals surface area contributed by atoms with E-state index in [1.54, 1.807) is 6.07 Å². The van der Waals surface area contributed by atoms with Gasteiger partial charge in [-0.15, -0.1) is 0 Å². The number of halogens is 3. The van der Waals surface area contributed by atoms with Crippen LogP contribution >= 0.6 is 0 Å². The predicted octanol–water partition coefficient (Wildman–Crippen LogP) is 2.57. The second-order valence-electron chi connectivity index (χ2n) is 3.69. The van der Waals surface area contributed by atoms with Crippen molar-refractivity contribution in [3.05, 3.63) is 48.0 Å². The zero-order chi connectivity index (χ0) is 15.3. The predicted molar refractivity (Wildman–Crippen MR) is 66.2 cm³/mol. The highest BCUT2D eigenvalue weighted by Gasteiger charge is 2.38. The molecule has 0 saturated heterocycles. The summed E-state index contributed by atoms with van der Waals surface area (Å²) < 4.78 is 31.7. The summed E-state index contributed by atoms with van der Waals surface area (Å²) in [4.78, 5) is 19.9. The molecule has 3 N–H and O–H groups in total. The van der Waals surface area contributed by atoms with Gasteiger partial charge < -0.3 is 10.8 Å². The molecule has 1 amide bonds. The van der Waals surface area contributed by atoms with E-state index in [0.717, 1.165) is 10.8 Å². The van der Waals surface area contributed by atoms with Gasteiger partial charge in [-0.1, -0.05) is 36.4 Å². The fraction of sp³-hybridized carbons (Fsp3) is 0.0769. The number of fused-ring (bicyclic) bond motifs is 1. The minimum atomic E-state index is -5.08. The lowest BCUT2D eigenvalue weighted by molar-refractivity contribution is -0.192. The lowest BCUT2D eigenvalue weighted by Gasteiger charge is -2.01. The lowest BCUT2D eigenvalue weighted by atomic mass is 10.0. The maximum Gasteiger partial charge on any atom is 0.490 e. The molecule has 2 rings (SSSR count). The Bertz CT molecular complexity index is 633. The number of carbonyl (C=O) groups is 2. The van der Waals surface area contributed by atoms with Gasteiger partial charge in [0.25, 0.3) is 0 Å². The number of amides is 1. The number of hydrogen-bond donors (Lipinski definition) is 2. The zero-order valence-electron chi connectivity index (χ0n) is 10.0. The average Bonchev–Trinajstić information content (AvgIpc) is 2.37. The Morgan fingerprint density at radius 2 is 1.50 bits per heavy atom. The molecule has 0 aromatic heterocycles. The number of hydrogen-bond acceptors (Lipinski definition) is 2. The van der Waals surface area contributed by atoms with E-state index in [1.165, 1.54) is 0 Å². The van der Waals surface area contributed by atoms with Crippen molar-refractivity contribution in [3.8, 4) is 0 Å². The fourth-order valence-electron chi connectivity index (χ4n) is 1.44. The molecule has 0 bridgehead atoms. The molecule has 0 saturated carbocycles. The van der Waals surface area contributed by atoms with Crippen molar-refractivity contribution >= 4 is 22.6 Å². The van der Waals surface area contributed by atoms with Crippen LogP contribution in [0, 0.1) is 0 Å². The molecule has 0 atom stereocenters. The van der Waals surface area contributed by atoms with E-state index in [9.17, 15) is 18.0 Å². The Morgan fingerprint density at radius 3 is 2.00 bits per heavy atom. The summed E-state index contributed by atoms with van der Waals surface area (Å²) in [6.45, 7) is 0. The summed E-state index contributed by atoms with van der Waals surface area (Å²) in [7, 11) is 0. The van der Waals surface area contributed by atoms with Gasteiger partial charge in [0.05, 0.1) is 0 Å². The molecule has 0 spiro atoms. The van der Waals surface area contributed by atoms with Crippen molar-refractivity contribution in [3.63, 3.8) is 0 Å². The van der Waals surface area contributed by atoms with Crippen LogP contribution < -0.4 is 5.73 Å². The standard InChI is InChI=1S/C11H9NO.C2HF3O2/c12-11(13)10-7-3-5-8-4-1-2-6-9(8)10;3-2(4,5)1(6)7/h1-7H,(H2,12,13);(H,6,7). The molecule has 20 heavy (non-hydrogen) atoms. The van der Waals surface area contributed by atoms with Gasteiger partial charge in [-0.3, -0.25) is 4.79 Å². The van der Waals surface area contributed by atoms with E-state index in [1.807, 2.05) is 36.4 Å². The first-order chi connectivity index (χ1) is 9.23. The van der Waals surface area contributed by atoms with Gasteiger partial charge in [0.1, 0.15) is 0 Å². The van der Waals surface area contributed by atoms with Gasteiger partial charge in [0.2, 0.25) is 5.91 Å². The summed E-state index contributed by atoms with van der Waals surface area (Å²) in [5, 5.41) is 9.08. The SMILES string of the molecule is NC(=O)c1cccc2ccccc12.O=C(O)C(F)(F)F. The number of carboxylic acids is 1. The van der Waals surface area contributed by atoms with Gasteiger partial charge in [-0.2, -0.15) is 13.2 Å². The molecular formula is C13H10F3NO3. The number of nitrogens with two attached hydrogens (primary N) is 1. The molecule has 0 aliphatic heterocycles. The van der Waals surface area contributed by atoms with E-state index < -0.39 is 12.1 Å². The van der Waals surface area contributed by atoms with Gasteiger partial charge in [-0.25, -0.2) is 4.79 Å². The molecule has 0 fully saturated rings.